The van der Waals surface area contributed by atoms with Gasteiger partial charge in [-0.1, -0.05) is 25.9 Å². The molecule has 8 nitrogen and oxygen atoms in total. The molecule has 1 aliphatic rings. The van der Waals surface area contributed by atoms with Gasteiger partial charge in [0, 0.05) is 17.7 Å². The standard InChI is InChI=1S/C15H17N5O3/c1-15(2,3)13-17-11(18-23-13)8-20-12(21)9(6-16)7-19(14(20)22)10-4-5-10/h7,10H,4-5,8H2,1-3H3. The highest BCUT2D eigenvalue weighted by atomic mass is 16.5. The molecular weight excluding hydrogens is 298 g/mol. The van der Waals surface area contributed by atoms with E-state index >= 15 is 0 Å². The molecule has 120 valence electrons. The zero-order valence-electron chi connectivity index (χ0n) is 13.2. The van der Waals surface area contributed by atoms with Crippen molar-refractivity contribution in [3.05, 3.63) is 44.3 Å². The summed E-state index contributed by atoms with van der Waals surface area (Å²) in [6.07, 6.45) is 3.09. The lowest BCUT2D eigenvalue weighted by Gasteiger charge is -2.10. The predicted molar refractivity (Wildman–Crippen MR) is 80.0 cm³/mol. The van der Waals surface area contributed by atoms with Crippen LogP contribution in [0.1, 0.15) is 56.9 Å². The molecule has 0 spiro atoms. The van der Waals surface area contributed by atoms with Crippen molar-refractivity contribution in [2.45, 2.75) is 51.6 Å². The van der Waals surface area contributed by atoms with E-state index in [1.807, 2.05) is 26.8 Å². The summed E-state index contributed by atoms with van der Waals surface area (Å²) in [5.41, 5.74) is -1.45. The van der Waals surface area contributed by atoms with Crippen LogP contribution < -0.4 is 11.2 Å². The molecule has 0 bridgehead atoms. The fourth-order valence-corrected chi connectivity index (χ4v) is 2.22. The van der Waals surface area contributed by atoms with Gasteiger partial charge in [0.25, 0.3) is 5.56 Å². The van der Waals surface area contributed by atoms with E-state index in [-0.39, 0.29) is 29.4 Å². The smallest absolute Gasteiger partial charge is 0.331 e. The third kappa shape index (κ3) is 2.82. The molecule has 0 amide bonds. The van der Waals surface area contributed by atoms with Crippen LogP contribution in [0.15, 0.2) is 20.3 Å². The van der Waals surface area contributed by atoms with Crippen LogP contribution in [0.2, 0.25) is 0 Å². The van der Waals surface area contributed by atoms with E-state index < -0.39 is 11.2 Å². The Labute approximate surface area is 132 Å². The normalized spacial score (nSPS) is 14.7. The second kappa shape index (κ2) is 5.19. The zero-order valence-corrected chi connectivity index (χ0v) is 13.2. The van der Waals surface area contributed by atoms with Crippen LogP contribution in [0.4, 0.5) is 0 Å². The first-order valence-corrected chi connectivity index (χ1v) is 7.40. The Hall–Kier alpha value is -2.69. The van der Waals surface area contributed by atoms with Crippen LogP contribution in [-0.4, -0.2) is 19.3 Å². The molecule has 2 aromatic rings. The summed E-state index contributed by atoms with van der Waals surface area (Å²) in [5, 5.41) is 12.9. The fraction of sp³-hybridized carbons (Fsp3) is 0.533. The molecule has 1 saturated carbocycles. The van der Waals surface area contributed by atoms with Crippen molar-refractivity contribution in [1.29, 1.82) is 5.26 Å². The Balaban J connectivity index is 2.04. The molecule has 8 heteroatoms. The molecule has 0 N–H and O–H groups in total. The predicted octanol–water partition coefficient (Wildman–Crippen LogP) is 0.945. The summed E-state index contributed by atoms with van der Waals surface area (Å²) in [6.45, 7) is 5.66. The van der Waals surface area contributed by atoms with E-state index in [9.17, 15) is 9.59 Å². The van der Waals surface area contributed by atoms with Gasteiger partial charge in [-0.15, -0.1) is 0 Å². The van der Waals surface area contributed by atoms with E-state index in [1.165, 1.54) is 10.8 Å². The van der Waals surface area contributed by atoms with Crippen molar-refractivity contribution in [3.63, 3.8) is 0 Å². The minimum atomic E-state index is -0.628. The largest absolute Gasteiger partial charge is 0.339 e. The summed E-state index contributed by atoms with van der Waals surface area (Å²) in [4.78, 5) is 29.0. The highest BCUT2D eigenvalue weighted by Gasteiger charge is 2.27. The van der Waals surface area contributed by atoms with Crippen LogP contribution in [0.3, 0.4) is 0 Å². The molecule has 0 atom stereocenters. The maximum Gasteiger partial charge on any atom is 0.331 e. The Bertz CT molecular complexity index is 903. The van der Waals surface area contributed by atoms with Crippen LogP contribution in [0.25, 0.3) is 0 Å². The molecule has 2 heterocycles. The van der Waals surface area contributed by atoms with Gasteiger partial charge in [0.2, 0.25) is 5.89 Å². The van der Waals surface area contributed by atoms with Crippen molar-refractivity contribution in [3.8, 4) is 6.07 Å². The highest BCUT2D eigenvalue weighted by Crippen LogP contribution is 2.33. The van der Waals surface area contributed by atoms with Crippen LogP contribution >= 0.6 is 0 Å². The lowest BCUT2D eigenvalue weighted by Crippen LogP contribution is -2.41. The number of nitrogens with zero attached hydrogens (tertiary/aromatic N) is 5. The van der Waals surface area contributed by atoms with Crippen molar-refractivity contribution in [2.24, 2.45) is 0 Å². The van der Waals surface area contributed by atoms with Gasteiger partial charge in [-0.05, 0) is 12.8 Å². The minimum absolute atomic E-state index is 0.0592. The van der Waals surface area contributed by atoms with Gasteiger partial charge >= 0.3 is 5.69 Å². The molecule has 0 unspecified atom stereocenters. The zero-order chi connectivity index (χ0) is 16.8. The van der Waals surface area contributed by atoms with Gasteiger partial charge in [-0.2, -0.15) is 10.2 Å². The van der Waals surface area contributed by atoms with Crippen LogP contribution in [-0.2, 0) is 12.0 Å². The van der Waals surface area contributed by atoms with E-state index in [4.69, 9.17) is 9.78 Å². The first kappa shape index (κ1) is 15.2. The highest BCUT2D eigenvalue weighted by molar-refractivity contribution is 5.23. The number of hydrogen-bond acceptors (Lipinski definition) is 6. The Kier molecular flexibility index (Phi) is 3.43. The summed E-state index contributed by atoms with van der Waals surface area (Å²) in [5.74, 6) is 0.672. The van der Waals surface area contributed by atoms with E-state index in [0.29, 0.717) is 5.89 Å². The molecule has 0 radical (unpaired) electrons. The van der Waals surface area contributed by atoms with Crippen molar-refractivity contribution in [2.75, 3.05) is 0 Å². The molecule has 0 aromatic carbocycles. The maximum absolute atomic E-state index is 12.5. The van der Waals surface area contributed by atoms with Gasteiger partial charge in [0.15, 0.2) is 5.82 Å². The van der Waals surface area contributed by atoms with Gasteiger partial charge in [-0.3, -0.25) is 13.9 Å². The Morgan fingerprint density at radius 3 is 2.61 bits per heavy atom. The molecular formula is C15H17N5O3. The SMILES string of the molecule is CC(C)(C)c1nc(Cn2c(=O)c(C#N)cn(C3CC3)c2=O)no1. The summed E-state index contributed by atoms with van der Waals surface area (Å²) in [7, 11) is 0. The second-order valence-electron chi connectivity index (χ2n) is 6.73. The lowest BCUT2D eigenvalue weighted by atomic mass is 9.97. The summed E-state index contributed by atoms with van der Waals surface area (Å²) in [6, 6.07) is 1.91. The van der Waals surface area contributed by atoms with Gasteiger partial charge in [-0.25, -0.2) is 4.79 Å². The monoisotopic (exact) mass is 315 g/mol. The quantitative estimate of drug-likeness (QED) is 0.834. The third-order valence-corrected chi connectivity index (χ3v) is 3.67. The summed E-state index contributed by atoms with van der Waals surface area (Å²) >= 11 is 0. The number of nitriles is 1. The Morgan fingerprint density at radius 2 is 2.09 bits per heavy atom. The molecule has 1 aliphatic carbocycles. The molecule has 0 saturated heterocycles. The average Bonchev–Trinajstić information content (AvgIpc) is 3.20. The fourth-order valence-electron chi connectivity index (χ4n) is 2.22. The van der Waals surface area contributed by atoms with Crippen LogP contribution in [0.5, 0.6) is 0 Å². The minimum Gasteiger partial charge on any atom is -0.339 e. The molecule has 0 aliphatic heterocycles. The lowest BCUT2D eigenvalue weighted by molar-refractivity contribution is 0.317. The van der Waals surface area contributed by atoms with Gasteiger partial charge < -0.3 is 4.52 Å². The van der Waals surface area contributed by atoms with E-state index in [0.717, 1.165) is 17.4 Å². The van der Waals surface area contributed by atoms with Crippen molar-refractivity contribution >= 4 is 0 Å². The molecule has 23 heavy (non-hydrogen) atoms. The number of rotatable bonds is 3. The van der Waals surface area contributed by atoms with Gasteiger partial charge in [0.05, 0.1) is 6.54 Å². The molecule has 2 aromatic heterocycles. The second-order valence-corrected chi connectivity index (χ2v) is 6.73. The van der Waals surface area contributed by atoms with Gasteiger partial charge in [0.1, 0.15) is 11.6 Å². The summed E-state index contributed by atoms with van der Waals surface area (Å²) < 4.78 is 7.62. The number of hydrogen-bond donors (Lipinski definition) is 0. The van der Waals surface area contributed by atoms with Crippen molar-refractivity contribution in [1.82, 2.24) is 19.3 Å². The average molecular weight is 315 g/mol. The van der Waals surface area contributed by atoms with E-state index in [2.05, 4.69) is 10.1 Å². The number of aromatic nitrogens is 4. The third-order valence-electron chi connectivity index (χ3n) is 3.67. The van der Waals surface area contributed by atoms with Crippen LogP contribution in [0, 0.1) is 11.3 Å². The van der Waals surface area contributed by atoms with E-state index in [1.54, 1.807) is 0 Å². The first-order valence-electron chi connectivity index (χ1n) is 7.40. The maximum atomic E-state index is 12.5. The molecule has 3 rings (SSSR count). The topological polar surface area (TPSA) is 107 Å². The van der Waals surface area contributed by atoms with Crippen molar-refractivity contribution < 1.29 is 4.52 Å². The first-order chi connectivity index (χ1) is 10.8. The Morgan fingerprint density at radius 1 is 1.39 bits per heavy atom. The molecule has 1 fully saturated rings.